The molecule has 11 heavy (non-hydrogen) atoms. The minimum atomic E-state index is -0.945. The van der Waals surface area contributed by atoms with Gasteiger partial charge in [0.05, 0.1) is 0 Å². The van der Waals surface area contributed by atoms with Crippen LogP contribution in [0.2, 0.25) is 0 Å². The molecule has 0 aromatic rings. The second kappa shape index (κ2) is 3.15. The molecule has 64 valence electrons. The minimum Gasteiger partial charge on any atom is -0.403 e. The van der Waals surface area contributed by atoms with E-state index >= 15 is 0 Å². The summed E-state index contributed by atoms with van der Waals surface area (Å²) in [5, 5.41) is 13.3. The maximum Gasteiger partial charge on any atom is 0.425 e. The van der Waals surface area contributed by atoms with Crippen LogP contribution < -0.4 is 5.32 Å². The second-order valence-corrected chi connectivity index (χ2v) is 10.4. The predicted octanol–water partition coefficient (Wildman–Crippen LogP) is 1.01. The van der Waals surface area contributed by atoms with Gasteiger partial charge in [0.1, 0.15) is 0 Å². The maximum absolute atomic E-state index is 9.84. The second-order valence-electron chi connectivity index (χ2n) is 3.64. The molecule has 1 aliphatic heterocycles. The third kappa shape index (κ3) is 1.49. The standard InChI is InChI=1S/C7H15NO.Al.HI/c1-4-5-8-6(2)7(3)9;;/h8-9H,4-5H2,1-3H3;;1H/q;+1;/p-1. The highest BCUT2D eigenvalue weighted by Gasteiger charge is 2.74. The van der Waals surface area contributed by atoms with E-state index in [0.29, 0.717) is 0 Å². The molecule has 1 saturated heterocycles. The minimum absolute atomic E-state index is 0.0869. The molecule has 2 nitrogen and oxygen atoms in total. The van der Waals surface area contributed by atoms with E-state index in [0.717, 1.165) is 13.0 Å². The average molecular weight is 283 g/mol. The monoisotopic (exact) mass is 283 g/mol. The van der Waals surface area contributed by atoms with Crippen LogP contribution in [0.5, 0.6) is 0 Å². The summed E-state index contributed by atoms with van der Waals surface area (Å²) < 4.78 is -0.285. The molecule has 2 N–H and O–H groups in total. The molecular weight excluding hydrogens is 268 g/mol. The Morgan fingerprint density at radius 1 is 1.55 bits per heavy atom. The van der Waals surface area contributed by atoms with E-state index in [-0.39, 0.29) is 8.86 Å². The summed E-state index contributed by atoms with van der Waals surface area (Å²) in [6.07, 6.45) is 1.14. The quantitative estimate of drug-likeness (QED) is 0.598. The van der Waals surface area contributed by atoms with Crippen LogP contribution in [0.3, 0.4) is 0 Å². The van der Waals surface area contributed by atoms with Crippen molar-refractivity contribution in [3.63, 3.8) is 0 Å². The lowest BCUT2D eigenvalue weighted by Gasteiger charge is -2.17. The first-order valence-corrected chi connectivity index (χ1v) is 9.41. The van der Waals surface area contributed by atoms with Gasteiger partial charge in [0.2, 0.25) is 0 Å². The summed E-state index contributed by atoms with van der Waals surface area (Å²) in [6, 6.07) is 0. The Labute approximate surface area is 83.8 Å². The zero-order valence-electron chi connectivity index (χ0n) is 7.32. The highest BCUT2D eigenvalue weighted by molar-refractivity contribution is 14.1. The van der Waals surface area contributed by atoms with Gasteiger partial charge in [-0.3, -0.25) is 0 Å². The van der Waals surface area contributed by atoms with E-state index in [1.807, 2.05) is 6.92 Å². The Bertz CT molecular complexity index is 165. The molecule has 0 saturated carbocycles. The zero-order chi connectivity index (χ0) is 8.70. The smallest absolute Gasteiger partial charge is 0.403 e. The average Bonchev–Trinajstić information content (AvgIpc) is 2.32. The lowest BCUT2D eigenvalue weighted by molar-refractivity contribution is 0.147. The van der Waals surface area contributed by atoms with E-state index in [1.165, 1.54) is 0 Å². The Morgan fingerprint density at radius 2 is 2.00 bits per heavy atom. The van der Waals surface area contributed by atoms with E-state index in [9.17, 15) is 5.11 Å². The van der Waals surface area contributed by atoms with Crippen LogP contribution in [0.15, 0.2) is 0 Å². The van der Waals surface area contributed by atoms with Crippen molar-refractivity contribution < 1.29 is 5.11 Å². The lowest BCUT2D eigenvalue weighted by atomic mass is 10.2. The highest BCUT2D eigenvalue weighted by atomic mass is 127. The van der Waals surface area contributed by atoms with Crippen molar-refractivity contribution in [2.24, 2.45) is 0 Å². The molecule has 0 amide bonds. The van der Waals surface area contributed by atoms with Gasteiger partial charge >= 0.3 is 10.9 Å². The Morgan fingerprint density at radius 3 is 2.27 bits per heavy atom. The molecule has 0 bridgehead atoms. The van der Waals surface area contributed by atoms with Crippen molar-refractivity contribution in [1.82, 2.24) is 5.32 Å². The predicted molar refractivity (Wildman–Crippen MR) is 57.1 cm³/mol. The van der Waals surface area contributed by atoms with Crippen molar-refractivity contribution in [2.45, 2.75) is 36.1 Å². The molecule has 1 fully saturated rings. The molecule has 1 rings (SSSR count). The van der Waals surface area contributed by atoms with Gasteiger partial charge in [-0.1, -0.05) is 13.8 Å². The van der Waals surface area contributed by atoms with Crippen LogP contribution in [0.25, 0.3) is 0 Å². The Hall–Kier alpha value is 1.18. The highest BCUT2D eigenvalue weighted by Crippen LogP contribution is 2.49. The van der Waals surface area contributed by atoms with Crippen LogP contribution in [0, 0.1) is 0 Å². The molecule has 2 atom stereocenters. The summed E-state index contributed by atoms with van der Waals surface area (Å²) in [5.41, 5.74) is 0. The molecule has 2 unspecified atom stereocenters. The van der Waals surface area contributed by atoms with Gasteiger partial charge in [0.25, 0.3) is 0 Å². The number of aliphatic hydroxyl groups is 1. The molecule has 0 aromatic carbocycles. The molecule has 0 aromatic heterocycles. The summed E-state index contributed by atoms with van der Waals surface area (Å²) in [6.45, 7) is 7.28. The Kier molecular flexibility index (Phi) is 2.94. The van der Waals surface area contributed by atoms with Gasteiger partial charge in [-0.25, -0.2) is 20.3 Å². The van der Waals surface area contributed by atoms with Gasteiger partial charge in [0, 0.05) is 8.86 Å². The molecule has 4 heteroatoms. The van der Waals surface area contributed by atoms with Gasteiger partial charge in [-0.2, -0.15) is 0 Å². The Balaban J connectivity index is 2.46. The van der Waals surface area contributed by atoms with Crippen molar-refractivity contribution in [2.75, 3.05) is 6.54 Å². The van der Waals surface area contributed by atoms with Gasteiger partial charge in [-0.05, 0) is 19.9 Å². The van der Waals surface area contributed by atoms with Crippen LogP contribution in [-0.2, 0) is 0 Å². The number of halogens is 1. The van der Waals surface area contributed by atoms with Crippen LogP contribution in [0.1, 0.15) is 27.2 Å². The third-order valence-corrected chi connectivity index (χ3v) is 13.1. The normalized spacial score (nSPS) is 42.8. The fraction of sp³-hybridized carbons (Fsp3) is 1.00. The first-order chi connectivity index (χ1) is 4.97. The molecule has 0 aliphatic carbocycles. The molecule has 0 radical (unpaired) electrons. The lowest BCUT2D eigenvalue weighted by Crippen LogP contribution is -2.37. The van der Waals surface area contributed by atoms with Crippen LogP contribution >= 0.6 is 20.3 Å². The summed E-state index contributed by atoms with van der Waals surface area (Å²) in [7, 11) is -0.945. The summed E-state index contributed by atoms with van der Waals surface area (Å²) in [4.78, 5) is 0. The SMILES string of the molecule is CCCN[C]1(C)[Al]([I])[C]1(C)O. The topological polar surface area (TPSA) is 32.3 Å². The first-order valence-electron chi connectivity index (χ1n) is 4.08. The number of hydrogen-bond donors (Lipinski definition) is 2. The number of hydrogen-bond acceptors (Lipinski definition) is 2. The van der Waals surface area contributed by atoms with E-state index < -0.39 is 10.9 Å². The van der Waals surface area contributed by atoms with Gasteiger partial charge in [-0.15, -0.1) is 0 Å². The number of nitrogens with one attached hydrogen (secondary N) is 1. The fourth-order valence-corrected chi connectivity index (χ4v) is 8.45. The van der Waals surface area contributed by atoms with Crippen molar-refractivity contribution in [3.8, 4) is 0 Å². The van der Waals surface area contributed by atoms with Crippen molar-refractivity contribution >= 4 is 31.1 Å². The van der Waals surface area contributed by atoms with Gasteiger partial charge < -0.3 is 10.4 Å². The van der Waals surface area contributed by atoms with Crippen molar-refractivity contribution in [3.05, 3.63) is 0 Å². The van der Waals surface area contributed by atoms with Gasteiger partial charge in [0.15, 0.2) is 0 Å². The summed E-state index contributed by atoms with van der Waals surface area (Å²) >= 11 is 2.44. The van der Waals surface area contributed by atoms with Crippen LogP contribution in [0.4, 0.5) is 0 Å². The fourth-order valence-electron chi connectivity index (χ4n) is 1.37. The molecular formula is C7H15AlINO. The summed E-state index contributed by atoms with van der Waals surface area (Å²) in [5.74, 6) is 0. The first kappa shape index (κ1) is 10.3. The zero-order valence-corrected chi connectivity index (χ0v) is 10.6. The molecule has 1 aliphatic rings. The third-order valence-electron chi connectivity index (χ3n) is 2.71. The largest absolute Gasteiger partial charge is 0.425 e. The maximum atomic E-state index is 9.84. The van der Waals surface area contributed by atoms with Crippen molar-refractivity contribution in [1.29, 1.82) is 0 Å². The van der Waals surface area contributed by atoms with Crippen LogP contribution in [-0.4, -0.2) is 31.4 Å². The van der Waals surface area contributed by atoms with E-state index in [4.69, 9.17) is 0 Å². The van der Waals surface area contributed by atoms with E-state index in [2.05, 4.69) is 39.4 Å². The van der Waals surface area contributed by atoms with E-state index in [1.54, 1.807) is 0 Å². The molecule has 0 spiro atoms. The molecule has 1 heterocycles. The number of rotatable bonds is 3.